The normalized spacial score (nSPS) is 17.6. The molecule has 9 nitrogen and oxygen atoms in total. The summed E-state index contributed by atoms with van der Waals surface area (Å²) in [4.78, 5) is 24.4. The molecule has 212 valence electrons. The van der Waals surface area contributed by atoms with E-state index in [0.29, 0.717) is 23.2 Å². The van der Waals surface area contributed by atoms with E-state index in [4.69, 9.17) is 4.98 Å². The Morgan fingerprint density at radius 2 is 1.73 bits per heavy atom. The van der Waals surface area contributed by atoms with Gasteiger partial charge in [0.05, 0.1) is 5.52 Å². The molecule has 0 spiro atoms. The number of likely N-dealkylation sites (tertiary alicyclic amines) is 1. The van der Waals surface area contributed by atoms with Crippen LogP contribution >= 0.6 is 0 Å². The number of H-pyrrole nitrogens is 1. The highest BCUT2D eigenvalue weighted by Crippen LogP contribution is 2.35. The largest absolute Gasteiger partial charge is 0.369 e. The Kier molecular flexibility index (Phi) is 6.59. The summed E-state index contributed by atoms with van der Waals surface area (Å²) in [5, 5.41) is 4.21. The van der Waals surface area contributed by atoms with Crippen molar-refractivity contribution in [1.29, 1.82) is 0 Å². The number of fused-ring (bicyclic) bond motifs is 2. The Morgan fingerprint density at radius 3 is 2.54 bits per heavy atom. The van der Waals surface area contributed by atoms with Gasteiger partial charge in [-0.2, -0.15) is 4.98 Å². The van der Waals surface area contributed by atoms with E-state index in [1.54, 1.807) is 6.07 Å². The second-order valence-electron chi connectivity index (χ2n) is 11.5. The Hall–Kier alpha value is -4.02. The molecule has 41 heavy (non-hydrogen) atoms. The number of anilines is 3. The molecule has 0 atom stereocenters. The minimum atomic E-state index is -0.305. The number of rotatable bonds is 5. The van der Waals surface area contributed by atoms with Crippen molar-refractivity contribution in [3.63, 3.8) is 0 Å². The topological polar surface area (TPSA) is 81.1 Å². The number of hydrogen-bond donors (Lipinski definition) is 2. The van der Waals surface area contributed by atoms with Gasteiger partial charge in [0, 0.05) is 66.9 Å². The van der Waals surface area contributed by atoms with E-state index in [1.807, 2.05) is 25.4 Å². The number of piperidine rings is 1. The molecule has 0 amide bonds. The molecule has 2 aromatic carbocycles. The van der Waals surface area contributed by atoms with Crippen LogP contribution in [0.5, 0.6) is 0 Å². The van der Waals surface area contributed by atoms with E-state index in [9.17, 15) is 0 Å². The summed E-state index contributed by atoms with van der Waals surface area (Å²) >= 11 is 0. The molecule has 0 unspecified atom stereocenters. The van der Waals surface area contributed by atoms with E-state index in [0.717, 1.165) is 85.7 Å². The van der Waals surface area contributed by atoms with Crippen molar-refractivity contribution >= 4 is 39.4 Å². The molecule has 5 heterocycles. The molecule has 2 saturated heterocycles. The summed E-state index contributed by atoms with van der Waals surface area (Å²) in [5.41, 5.74) is 5.79. The lowest BCUT2D eigenvalue weighted by molar-refractivity contribution is 0.222. The molecule has 0 bridgehead atoms. The van der Waals surface area contributed by atoms with Gasteiger partial charge in [-0.1, -0.05) is 6.07 Å². The maximum absolute atomic E-state index is 15.4. The zero-order chi connectivity index (χ0) is 28.1. The van der Waals surface area contributed by atoms with E-state index < -0.39 is 0 Å². The number of hydrogen-bond acceptors (Lipinski definition) is 7. The van der Waals surface area contributed by atoms with Crippen LogP contribution in [0, 0.1) is 12.7 Å². The molecule has 5 aromatic rings. The van der Waals surface area contributed by atoms with Crippen molar-refractivity contribution in [3.8, 4) is 11.1 Å². The van der Waals surface area contributed by atoms with Gasteiger partial charge in [0.2, 0.25) is 5.95 Å². The molecule has 2 N–H and O–H groups in total. The van der Waals surface area contributed by atoms with Gasteiger partial charge in [-0.3, -0.25) is 0 Å². The third-order valence-corrected chi connectivity index (χ3v) is 8.69. The highest BCUT2D eigenvalue weighted by atomic mass is 19.1. The first-order chi connectivity index (χ1) is 19.9. The van der Waals surface area contributed by atoms with Gasteiger partial charge in [-0.05, 0) is 82.8 Å². The Bertz CT molecular complexity index is 1710. The zero-order valence-electron chi connectivity index (χ0n) is 23.9. The third kappa shape index (κ3) is 4.91. The van der Waals surface area contributed by atoms with Gasteiger partial charge >= 0.3 is 0 Å². The fourth-order valence-corrected chi connectivity index (χ4v) is 6.32. The predicted octanol–water partition coefficient (Wildman–Crippen LogP) is 5.18. The first kappa shape index (κ1) is 25.9. The number of benzene rings is 2. The molecule has 0 radical (unpaired) electrons. The number of nitrogens with one attached hydrogen (secondary N) is 2. The fraction of sp³-hybridized carbons (Fsp3) is 0.387. The Morgan fingerprint density at radius 1 is 0.951 bits per heavy atom. The Labute approximate surface area is 239 Å². The van der Waals surface area contributed by atoms with Crippen molar-refractivity contribution in [3.05, 3.63) is 60.4 Å². The lowest BCUT2D eigenvalue weighted by atomic mass is 10.0. The summed E-state index contributed by atoms with van der Waals surface area (Å²) in [6.07, 6.45) is 5.76. The van der Waals surface area contributed by atoms with Gasteiger partial charge < -0.3 is 29.6 Å². The highest BCUT2D eigenvalue weighted by molar-refractivity contribution is 5.96. The number of aromatic nitrogens is 5. The van der Waals surface area contributed by atoms with Crippen molar-refractivity contribution in [1.82, 2.24) is 34.3 Å². The molecule has 7 rings (SSSR count). The van der Waals surface area contributed by atoms with E-state index in [2.05, 4.69) is 77.9 Å². The van der Waals surface area contributed by atoms with Crippen LogP contribution in [0.15, 0.2) is 48.8 Å². The molecule has 0 saturated carbocycles. The summed E-state index contributed by atoms with van der Waals surface area (Å²) < 4.78 is 17.6. The monoisotopic (exact) mass is 553 g/mol. The maximum atomic E-state index is 15.4. The van der Waals surface area contributed by atoms with Crippen LogP contribution in [0.3, 0.4) is 0 Å². The van der Waals surface area contributed by atoms with Crippen molar-refractivity contribution in [2.45, 2.75) is 25.8 Å². The number of imidazole rings is 1. The van der Waals surface area contributed by atoms with Crippen LogP contribution in [-0.4, -0.2) is 87.7 Å². The first-order valence-corrected chi connectivity index (χ1v) is 14.4. The van der Waals surface area contributed by atoms with Crippen LogP contribution in [0.25, 0.3) is 33.2 Å². The van der Waals surface area contributed by atoms with Crippen LogP contribution in [0.1, 0.15) is 24.7 Å². The number of piperazine rings is 1. The van der Waals surface area contributed by atoms with Crippen molar-refractivity contribution < 1.29 is 4.39 Å². The van der Waals surface area contributed by atoms with Crippen LogP contribution in [-0.2, 0) is 0 Å². The number of aromatic amines is 1. The lowest BCUT2D eigenvalue weighted by Gasteiger charge is -2.34. The second kappa shape index (κ2) is 10.4. The second-order valence-corrected chi connectivity index (χ2v) is 11.5. The molecular formula is C31H36FN9. The van der Waals surface area contributed by atoms with Gasteiger partial charge in [-0.25, -0.2) is 14.4 Å². The average molecular weight is 554 g/mol. The van der Waals surface area contributed by atoms with E-state index in [-0.39, 0.29) is 5.82 Å². The van der Waals surface area contributed by atoms with Gasteiger partial charge in [-0.15, -0.1) is 0 Å². The van der Waals surface area contributed by atoms with E-state index in [1.165, 1.54) is 5.69 Å². The molecule has 2 aliphatic heterocycles. The number of nitrogens with zero attached hydrogens (tertiary/aromatic N) is 7. The van der Waals surface area contributed by atoms with Crippen LogP contribution < -0.4 is 10.2 Å². The lowest BCUT2D eigenvalue weighted by Crippen LogP contribution is -2.44. The highest BCUT2D eigenvalue weighted by Gasteiger charge is 2.24. The minimum Gasteiger partial charge on any atom is -0.369 e. The smallest absolute Gasteiger partial charge is 0.229 e. The minimum absolute atomic E-state index is 0.305. The number of aryl methyl sites for hydroxylation is 1. The number of likely N-dealkylation sites (N-methyl/N-ethyl adjacent to an activating group) is 1. The van der Waals surface area contributed by atoms with Crippen LogP contribution in [0.2, 0.25) is 0 Å². The summed E-state index contributed by atoms with van der Waals surface area (Å²) in [7, 11) is 4.31. The predicted molar refractivity (Wildman–Crippen MR) is 163 cm³/mol. The van der Waals surface area contributed by atoms with Gasteiger partial charge in [0.1, 0.15) is 17.0 Å². The molecular weight excluding hydrogens is 517 g/mol. The van der Waals surface area contributed by atoms with Crippen molar-refractivity contribution in [2.75, 3.05) is 63.6 Å². The average Bonchev–Trinajstić information content (AvgIpc) is 3.54. The summed E-state index contributed by atoms with van der Waals surface area (Å²) in [6, 6.07) is 12.3. The Balaban J connectivity index is 1.17. The van der Waals surface area contributed by atoms with Crippen LogP contribution in [0.4, 0.5) is 21.7 Å². The van der Waals surface area contributed by atoms with Crippen molar-refractivity contribution in [2.24, 2.45) is 0 Å². The zero-order valence-corrected chi connectivity index (χ0v) is 23.9. The molecule has 3 aromatic heterocycles. The summed E-state index contributed by atoms with van der Waals surface area (Å²) in [6.45, 7) is 8.18. The first-order valence-electron chi connectivity index (χ1n) is 14.4. The molecule has 0 aliphatic carbocycles. The molecule has 10 heteroatoms. The molecule has 2 fully saturated rings. The maximum Gasteiger partial charge on any atom is 0.229 e. The van der Waals surface area contributed by atoms with E-state index >= 15 is 4.39 Å². The SMILES string of the molecule is Cc1nc2c(F)cc(-c3c[nH]c4nc(Nc5cccc(N6CCN(C)CC6)c5)ncc34)cc2n1C1CCN(C)CC1. The number of halogens is 1. The quantitative estimate of drug-likeness (QED) is 0.310. The fourth-order valence-electron chi connectivity index (χ4n) is 6.32. The summed E-state index contributed by atoms with van der Waals surface area (Å²) in [5.74, 6) is 1.07. The third-order valence-electron chi connectivity index (χ3n) is 8.69. The van der Waals surface area contributed by atoms with Gasteiger partial charge in [0.25, 0.3) is 0 Å². The standard InChI is InChI=1S/C31H36FN9/c1-20-35-29-27(32)15-21(16-28(29)41(20)23-7-9-38(2)10-8-23)25-18-33-30-26(25)19-34-31(37-30)36-22-5-4-6-24(17-22)40-13-11-39(3)12-14-40/h4-6,15-19,23H,7-14H2,1-3H3,(H2,33,34,36,37). The van der Waals surface area contributed by atoms with Gasteiger partial charge in [0.15, 0.2) is 5.82 Å². The molecule has 2 aliphatic rings.